The van der Waals surface area contributed by atoms with Crippen molar-refractivity contribution >= 4 is 34.8 Å². The van der Waals surface area contributed by atoms with Crippen LogP contribution < -0.4 is 14.8 Å². The minimum atomic E-state index is -0.114. The molecule has 0 bridgehead atoms. The normalized spacial score (nSPS) is 13.8. The Labute approximate surface area is 122 Å². The average molecular weight is 304 g/mol. The molecule has 4 nitrogen and oxygen atoms in total. The summed E-state index contributed by atoms with van der Waals surface area (Å²) in [6.07, 6.45) is 1.83. The summed E-state index contributed by atoms with van der Waals surface area (Å²) in [7, 11) is 0. The van der Waals surface area contributed by atoms with E-state index in [-0.39, 0.29) is 5.91 Å². The third-order valence-corrected chi connectivity index (χ3v) is 3.23. The summed E-state index contributed by atoms with van der Waals surface area (Å²) in [6.45, 7) is 1.19. The number of anilines is 1. The zero-order valence-electron chi connectivity index (χ0n) is 10.4. The largest absolute Gasteiger partial charge is 0.490 e. The second kappa shape index (κ2) is 6.87. The Hall–Kier alpha value is -1.13. The number of ether oxygens (including phenoxy) is 2. The van der Waals surface area contributed by atoms with Gasteiger partial charge in [0, 0.05) is 30.9 Å². The SMILES string of the molecule is O=C(CCCCl)Nc1cc2c(cc1Cl)OCCCO2. The van der Waals surface area contributed by atoms with Crippen LogP contribution in [0.2, 0.25) is 5.02 Å². The van der Waals surface area contributed by atoms with Crippen molar-refractivity contribution in [2.24, 2.45) is 0 Å². The molecule has 1 aromatic rings. The second-order valence-corrected chi connectivity index (χ2v) is 4.96. The molecule has 2 rings (SSSR count). The van der Waals surface area contributed by atoms with E-state index in [1.807, 2.05) is 0 Å². The van der Waals surface area contributed by atoms with Crippen molar-refractivity contribution in [3.05, 3.63) is 17.2 Å². The Morgan fingerprint density at radius 3 is 2.63 bits per heavy atom. The van der Waals surface area contributed by atoms with Crippen molar-refractivity contribution in [2.45, 2.75) is 19.3 Å². The molecule has 6 heteroatoms. The third kappa shape index (κ3) is 3.91. The maximum Gasteiger partial charge on any atom is 0.224 e. The van der Waals surface area contributed by atoms with Gasteiger partial charge in [0.25, 0.3) is 0 Å². The van der Waals surface area contributed by atoms with E-state index in [1.54, 1.807) is 12.1 Å². The van der Waals surface area contributed by atoms with Crippen LogP contribution in [0.1, 0.15) is 19.3 Å². The maximum atomic E-state index is 11.7. The molecule has 0 saturated carbocycles. The lowest BCUT2D eigenvalue weighted by Gasteiger charge is -2.12. The van der Waals surface area contributed by atoms with Gasteiger partial charge < -0.3 is 14.8 Å². The van der Waals surface area contributed by atoms with Gasteiger partial charge >= 0.3 is 0 Å². The second-order valence-electron chi connectivity index (χ2n) is 4.17. The van der Waals surface area contributed by atoms with Crippen molar-refractivity contribution in [2.75, 3.05) is 24.4 Å². The first-order valence-electron chi connectivity index (χ1n) is 6.15. The van der Waals surface area contributed by atoms with Gasteiger partial charge in [0.1, 0.15) is 0 Å². The van der Waals surface area contributed by atoms with Crippen LogP contribution in [0.4, 0.5) is 5.69 Å². The number of amides is 1. The van der Waals surface area contributed by atoms with E-state index in [1.165, 1.54) is 0 Å². The van der Waals surface area contributed by atoms with Gasteiger partial charge in [-0.15, -0.1) is 11.6 Å². The van der Waals surface area contributed by atoms with Crippen LogP contribution in [0.15, 0.2) is 12.1 Å². The van der Waals surface area contributed by atoms with E-state index >= 15 is 0 Å². The van der Waals surface area contributed by atoms with E-state index < -0.39 is 0 Å². The van der Waals surface area contributed by atoms with Crippen LogP contribution in [0.25, 0.3) is 0 Å². The minimum Gasteiger partial charge on any atom is -0.490 e. The Balaban J connectivity index is 2.12. The van der Waals surface area contributed by atoms with Crippen LogP contribution in [0, 0.1) is 0 Å². The average Bonchev–Trinajstić information content (AvgIpc) is 2.62. The molecule has 0 aromatic heterocycles. The quantitative estimate of drug-likeness (QED) is 0.867. The molecule has 0 radical (unpaired) electrons. The molecule has 0 unspecified atom stereocenters. The van der Waals surface area contributed by atoms with Gasteiger partial charge in [-0.1, -0.05) is 11.6 Å². The number of fused-ring (bicyclic) bond motifs is 1. The Morgan fingerprint density at radius 2 is 1.95 bits per heavy atom. The highest BCUT2D eigenvalue weighted by Crippen LogP contribution is 2.37. The van der Waals surface area contributed by atoms with Crippen LogP contribution >= 0.6 is 23.2 Å². The maximum absolute atomic E-state index is 11.7. The number of nitrogens with one attached hydrogen (secondary N) is 1. The number of rotatable bonds is 4. The Morgan fingerprint density at radius 1 is 1.26 bits per heavy atom. The predicted molar refractivity (Wildman–Crippen MR) is 75.6 cm³/mol. The van der Waals surface area contributed by atoms with Gasteiger partial charge in [-0.05, 0) is 6.42 Å². The Kier molecular flexibility index (Phi) is 5.16. The molecule has 0 aliphatic carbocycles. The number of alkyl halides is 1. The van der Waals surface area contributed by atoms with Gasteiger partial charge in [-0.2, -0.15) is 0 Å². The number of hydrogen-bond acceptors (Lipinski definition) is 3. The molecule has 1 aliphatic heterocycles. The lowest BCUT2D eigenvalue weighted by molar-refractivity contribution is -0.116. The molecule has 104 valence electrons. The third-order valence-electron chi connectivity index (χ3n) is 2.65. The summed E-state index contributed by atoms with van der Waals surface area (Å²) in [4.78, 5) is 11.7. The standard InChI is InChI=1S/C13H15Cl2NO3/c14-4-1-3-13(17)16-10-8-12-11(7-9(10)15)18-5-2-6-19-12/h7-8H,1-6H2,(H,16,17). The first-order valence-corrected chi connectivity index (χ1v) is 7.07. The van der Waals surface area contributed by atoms with Crippen LogP contribution in [0.3, 0.4) is 0 Å². The van der Waals surface area contributed by atoms with Crippen LogP contribution in [-0.4, -0.2) is 25.0 Å². The highest BCUT2D eigenvalue weighted by Gasteiger charge is 2.15. The molecule has 0 spiro atoms. The van der Waals surface area contributed by atoms with Gasteiger partial charge in [0.15, 0.2) is 11.5 Å². The highest BCUT2D eigenvalue weighted by molar-refractivity contribution is 6.34. The van der Waals surface area contributed by atoms with E-state index in [4.69, 9.17) is 32.7 Å². The molecule has 1 amide bonds. The fraction of sp³-hybridized carbons (Fsp3) is 0.462. The van der Waals surface area contributed by atoms with Crippen LogP contribution in [-0.2, 0) is 4.79 Å². The van der Waals surface area contributed by atoms with Crippen molar-refractivity contribution in [1.82, 2.24) is 0 Å². The molecular formula is C13H15Cl2NO3. The fourth-order valence-corrected chi connectivity index (χ4v) is 2.05. The van der Waals surface area contributed by atoms with Gasteiger partial charge in [0.05, 0.1) is 23.9 Å². The molecular weight excluding hydrogens is 289 g/mol. The van der Waals surface area contributed by atoms with Gasteiger partial charge in [0.2, 0.25) is 5.91 Å². The number of halogens is 2. The zero-order valence-corrected chi connectivity index (χ0v) is 11.9. The van der Waals surface area contributed by atoms with Crippen molar-refractivity contribution in [3.8, 4) is 11.5 Å². The summed E-state index contributed by atoms with van der Waals surface area (Å²) in [6, 6.07) is 3.36. The minimum absolute atomic E-state index is 0.114. The smallest absolute Gasteiger partial charge is 0.224 e. The summed E-state index contributed by atoms with van der Waals surface area (Å²) >= 11 is 11.7. The zero-order chi connectivity index (χ0) is 13.7. The molecule has 1 aromatic carbocycles. The van der Waals surface area contributed by atoms with Crippen molar-refractivity contribution in [3.63, 3.8) is 0 Å². The molecule has 19 heavy (non-hydrogen) atoms. The summed E-state index contributed by atoms with van der Waals surface area (Å²) in [5, 5.41) is 3.18. The summed E-state index contributed by atoms with van der Waals surface area (Å²) < 4.78 is 11.1. The van der Waals surface area contributed by atoms with Crippen molar-refractivity contribution < 1.29 is 14.3 Å². The topological polar surface area (TPSA) is 47.6 Å². The van der Waals surface area contributed by atoms with E-state index in [2.05, 4.69) is 5.32 Å². The summed E-state index contributed by atoms with van der Waals surface area (Å²) in [5.41, 5.74) is 0.533. The lowest BCUT2D eigenvalue weighted by Crippen LogP contribution is -2.12. The lowest BCUT2D eigenvalue weighted by atomic mass is 10.2. The van der Waals surface area contributed by atoms with Crippen molar-refractivity contribution in [1.29, 1.82) is 0 Å². The molecule has 1 aliphatic rings. The molecule has 0 saturated heterocycles. The molecule has 0 fully saturated rings. The van der Waals surface area contributed by atoms with E-state index in [0.717, 1.165) is 6.42 Å². The van der Waals surface area contributed by atoms with Crippen LogP contribution in [0.5, 0.6) is 11.5 Å². The first kappa shape index (κ1) is 14.3. The number of benzene rings is 1. The van der Waals surface area contributed by atoms with E-state index in [9.17, 15) is 4.79 Å². The number of hydrogen-bond donors (Lipinski definition) is 1. The number of carbonyl (C=O) groups is 1. The highest BCUT2D eigenvalue weighted by atomic mass is 35.5. The van der Waals surface area contributed by atoms with Gasteiger partial charge in [-0.25, -0.2) is 0 Å². The summed E-state index contributed by atoms with van der Waals surface area (Å²) in [5.74, 6) is 1.57. The monoisotopic (exact) mass is 303 g/mol. The molecule has 0 atom stereocenters. The van der Waals surface area contributed by atoms with Gasteiger partial charge in [-0.3, -0.25) is 4.79 Å². The molecule has 1 heterocycles. The Bertz CT molecular complexity index is 465. The first-order chi connectivity index (χ1) is 9.20. The fourth-order valence-electron chi connectivity index (χ4n) is 1.72. The number of carbonyl (C=O) groups excluding carboxylic acids is 1. The molecule has 1 N–H and O–H groups in total. The van der Waals surface area contributed by atoms with E-state index in [0.29, 0.717) is 54.1 Å². The predicted octanol–water partition coefficient (Wildman–Crippen LogP) is 3.46.